The molecule has 0 spiro atoms. The van der Waals surface area contributed by atoms with Crippen LogP contribution in [0.25, 0.3) is 0 Å². The number of nitrogens with zero attached hydrogens (tertiary/aromatic N) is 1. The van der Waals surface area contributed by atoms with Crippen LogP contribution in [0.4, 0.5) is 13.2 Å². The summed E-state index contributed by atoms with van der Waals surface area (Å²) < 4.78 is 37.1. The highest BCUT2D eigenvalue weighted by molar-refractivity contribution is 7.98. The Labute approximate surface area is 112 Å². The zero-order valence-corrected chi connectivity index (χ0v) is 10.9. The lowest BCUT2D eigenvalue weighted by Gasteiger charge is -2.24. The number of hydrogen-bond acceptors (Lipinski definition) is 4. The Bertz CT molecular complexity index is 450. The molecule has 0 bridgehead atoms. The number of hydrogen-bond donors (Lipinski definition) is 2. The fourth-order valence-corrected chi connectivity index (χ4v) is 1.99. The van der Waals surface area contributed by atoms with Crippen molar-refractivity contribution in [2.75, 3.05) is 12.0 Å². The summed E-state index contributed by atoms with van der Waals surface area (Å²) in [6.07, 6.45) is -1.79. The van der Waals surface area contributed by atoms with E-state index in [4.69, 9.17) is 10.8 Å². The number of alkyl halides is 3. The highest BCUT2D eigenvalue weighted by atomic mass is 32.2. The van der Waals surface area contributed by atoms with Gasteiger partial charge < -0.3 is 10.8 Å². The zero-order valence-electron chi connectivity index (χ0n) is 10.1. The van der Waals surface area contributed by atoms with E-state index in [0.717, 1.165) is 18.3 Å². The van der Waals surface area contributed by atoms with Crippen molar-refractivity contribution in [3.8, 4) is 0 Å². The molecule has 1 atom stereocenters. The first-order chi connectivity index (χ1) is 8.71. The van der Waals surface area contributed by atoms with Gasteiger partial charge in [0.25, 0.3) is 0 Å². The van der Waals surface area contributed by atoms with E-state index in [1.165, 1.54) is 11.8 Å². The van der Waals surface area contributed by atoms with Crippen molar-refractivity contribution in [2.24, 2.45) is 5.73 Å². The van der Waals surface area contributed by atoms with Crippen LogP contribution in [-0.2, 0) is 16.5 Å². The quantitative estimate of drug-likeness (QED) is 0.869. The first kappa shape index (κ1) is 15.8. The average molecular weight is 294 g/mol. The number of nitrogens with two attached hydrogens (primary N) is 1. The van der Waals surface area contributed by atoms with Gasteiger partial charge in [0.15, 0.2) is 0 Å². The fourth-order valence-electron chi connectivity index (χ4n) is 1.46. The Hall–Kier alpha value is -1.28. The van der Waals surface area contributed by atoms with Crippen LogP contribution in [0.2, 0.25) is 0 Å². The van der Waals surface area contributed by atoms with Crippen LogP contribution in [0.5, 0.6) is 0 Å². The Morgan fingerprint density at radius 1 is 1.47 bits per heavy atom. The first-order valence-corrected chi connectivity index (χ1v) is 6.66. The van der Waals surface area contributed by atoms with Gasteiger partial charge in [0.05, 0.1) is 0 Å². The average Bonchev–Trinajstić information content (AvgIpc) is 2.34. The third kappa shape index (κ3) is 3.60. The summed E-state index contributed by atoms with van der Waals surface area (Å²) >= 11 is 1.40. The van der Waals surface area contributed by atoms with Crippen LogP contribution in [-0.4, -0.2) is 28.1 Å². The summed E-state index contributed by atoms with van der Waals surface area (Å²) in [6.45, 7) is 0. The van der Waals surface area contributed by atoms with Crippen molar-refractivity contribution in [2.45, 2.75) is 18.1 Å². The maximum Gasteiger partial charge on any atom is 0.433 e. The molecule has 1 heterocycles. The van der Waals surface area contributed by atoms with Crippen molar-refractivity contribution in [1.82, 2.24) is 4.98 Å². The lowest BCUT2D eigenvalue weighted by molar-refractivity contribution is -0.143. The Morgan fingerprint density at radius 2 is 2.11 bits per heavy atom. The molecule has 19 heavy (non-hydrogen) atoms. The normalized spacial score (nSPS) is 15.0. The van der Waals surface area contributed by atoms with Gasteiger partial charge in [-0.25, -0.2) is 4.79 Å². The molecule has 8 heteroatoms. The molecular weight excluding hydrogens is 281 g/mol. The van der Waals surface area contributed by atoms with E-state index in [0.29, 0.717) is 5.75 Å². The van der Waals surface area contributed by atoms with E-state index in [-0.39, 0.29) is 12.0 Å². The maximum atomic E-state index is 12.4. The number of carboxylic acids is 1. The molecule has 1 aromatic heterocycles. The number of pyridine rings is 1. The molecule has 0 aliphatic carbocycles. The molecule has 0 saturated carbocycles. The molecule has 106 valence electrons. The molecule has 0 saturated heterocycles. The van der Waals surface area contributed by atoms with E-state index >= 15 is 0 Å². The van der Waals surface area contributed by atoms with Gasteiger partial charge in [-0.05, 0) is 24.5 Å². The van der Waals surface area contributed by atoms with Crippen LogP contribution >= 0.6 is 11.8 Å². The molecule has 1 rings (SSSR count). The van der Waals surface area contributed by atoms with Crippen molar-refractivity contribution < 1.29 is 23.1 Å². The minimum absolute atomic E-state index is 0.0575. The zero-order chi connectivity index (χ0) is 14.7. The molecule has 0 radical (unpaired) electrons. The number of aromatic nitrogens is 1. The summed E-state index contributed by atoms with van der Waals surface area (Å²) in [5.74, 6) is -0.813. The first-order valence-electron chi connectivity index (χ1n) is 5.26. The SMILES string of the molecule is CSCCC(N)(C(=O)O)c1ccc(C(F)(F)F)nc1. The third-order valence-corrected chi connectivity index (χ3v) is 3.26. The second-order valence-corrected chi connectivity index (χ2v) is 4.93. The molecule has 0 fully saturated rings. The van der Waals surface area contributed by atoms with Crippen molar-refractivity contribution in [3.05, 3.63) is 29.6 Å². The molecule has 0 aliphatic rings. The standard InChI is InChI=1S/C11H13F3N2O2S/c1-19-5-4-10(15,9(17)18)7-2-3-8(16-6-7)11(12,13)14/h2-3,6H,4-5,15H2,1H3,(H,17,18). The van der Waals surface area contributed by atoms with E-state index < -0.39 is 23.4 Å². The summed E-state index contributed by atoms with van der Waals surface area (Å²) in [4.78, 5) is 14.5. The smallest absolute Gasteiger partial charge is 0.433 e. The van der Waals surface area contributed by atoms with Crippen molar-refractivity contribution in [1.29, 1.82) is 0 Å². The molecule has 0 aromatic carbocycles. The van der Waals surface area contributed by atoms with Crippen LogP contribution in [0.1, 0.15) is 17.7 Å². The van der Waals surface area contributed by atoms with Crippen LogP contribution < -0.4 is 5.73 Å². The van der Waals surface area contributed by atoms with E-state index in [1.807, 2.05) is 0 Å². The second kappa shape index (κ2) is 5.79. The Balaban J connectivity index is 3.08. The van der Waals surface area contributed by atoms with Gasteiger partial charge in [0, 0.05) is 11.8 Å². The lowest BCUT2D eigenvalue weighted by atomic mass is 9.89. The summed E-state index contributed by atoms with van der Waals surface area (Å²) in [6, 6.07) is 1.79. The van der Waals surface area contributed by atoms with E-state index in [1.54, 1.807) is 6.26 Å². The third-order valence-electron chi connectivity index (χ3n) is 2.65. The molecular formula is C11H13F3N2O2S. The van der Waals surface area contributed by atoms with Crippen LogP contribution in [0.3, 0.4) is 0 Å². The Morgan fingerprint density at radius 3 is 2.47 bits per heavy atom. The molecule has 4 nitrogen and oxygen atoms in total. The monoisotopic (exact) mass is 294 g/mol. The summed E-state index contributed by atoms with van der Waals surface area (Å²) in [7, 11) is 0. The fraction of sp³-hybridized carbons (Fsp3) is 0.455. The van der Waals surface area contributed by atoms with E-state index in [2.05, 4.69) is 4.98 Å². The number of carboxylic acid groups (broad SMARTS) is 1. The molecule has 1 aromatic rings. The van der Waals surface area contributed by atoms with E-state index in [9.17, 15) is 18.0 Å². The summed E-state index contributed by atoms with van der Waals surface area (Å²) in [5.41, 5.74) is 3.03. The predicted molar refractivity (Wildman–Crippen MR) is 65.7 cm³/mol. The number of halogens is 3. The molecule has 0 amide bonds. The molecule has 3 N–H and O–H groups in total. The van der Waals surface area contributed by atoms with Gasteiger partial charge in [0.2, 0.25) is 0 Å². The minimum Gasteiger partial charge on any atom is -0.480 e. The van der Waals surface area contributed by atoms with Crippen molar-refractivity contribution in [3.63, 3.8) is 0 Å². The van der Waals surface area contributed by atoms with Gasteiger partial charge in [-0.1, -0.05) is 6.07 Å². The highest BCUT2D eigenvalue weighted by Crippen LogP contribution is 2.29. The number of carbonyl (C=O) groups is 1. The van der Waals surface area contributed by atoms with Crippen LogP contribution in [0, 0.1) is 0 Å². The van der Waals surface area contributed by atoms with Gasteiger partial charge in [-0.15, -0.1) is 0 Å². The molecule has 1 unspecified atom stereocenters. The van der Waals surface area contributed by atoms with Gasteiger partial charge >= 0.3 is 12.1 Å². The second-order valence-electron chi connectivity index (χ2n) is 3.95. The van der Waals surface area contributed by atoms with Gasteiger partial charge in [0.1, 0.15) is 11.2 Å². The highest BCUT2D eigenvalue weighted by Gasteiger charge is 2.37. The summed E-state index contributed by atoms with van der Waals surface area (Å²) in [5, 5.41) is 9.16. The van der Waals surface area contributed by atoms with Gasteiger partial charge in [-0.2, -0.15) is 24.9 Å². The topological polar surface area (TPSA) is 76.2 Å². The Kier molecular flexibility index (Phi) is 4.81. The van der Waals surface area contributed by atoms with Crippen LogP contribution in [0.15, 0.2) is 18.3 Å². The van der Waals surface area contributed by atoms with Crippen molar-refractivity contribution >= 4 is 17.7 Å². The minimum atomic E-state index is -4.56. The molecule has 0 aliphatic heterocycles. The largest absolute Gasteiger partial charge is 0.480 e. The van der Waals surface area contributed by atoms with Gasteiger partial charge in [-0.3, -0.25) is 4.98 Å². The maximum absolute atomic E-state index is 12.4. The number of thioether (sulfide) groups is 1. The number of rotatable bonds is 5. The predicted octanol–water partition coefficient (Wildman–Crippen LogP) is 2.09. The number of aliphatic carboxylic acids is 1. The lowest BCUT2D eigenvalue weighted by Crippen LogP contribution is -2.45.